The quantitative estimate of drug-likeness (QED) is 0.795. The highest BCUT2D eigenvalue weighted by Gasteiger charge is 2.07. The van der Waals surface area contributed by atoms with Crippen molar-refractivity contribution in [2.75, 3.05) is 13.1 Å². The first-order valence-corrected chi connectivity index (χ1v) is 6.39. The van der Waals surface area contributed by atoms with Gasteiger partial charge in [-0.1, -0.05) is 24.6 Å². The van der Waals surface area contributed by atoms with Crippen molar-refractivity contribution in [2.45, 2.75) is 26.7 Å². The third-order valence-electron chi connectivity index (χ3n) is 2.71. The number of rotatable bonds is 6. The predicted octanol–water partition coefficient (Wildman–Crippen LogP) is 2.59. The van der Waals surface area contributed by atoms with Gasteiger partial charge < -0.3 is 9.73 Å². The molecular weight excluding hydrogens is 226 g/mol. The smallest absolute Gasteiger partial charge is 0.247 e. The molecule has 18 heavy (non-hydrogen) atoms. The molecule has 2 rings (SSSR count). The number of benzene rings is 1. The second-order valence-corrected chi connectivity index (χ2v) is 4.37. The lowest BCUT2D eigenvalue weighted by molar-refractivity contribution is 0.494. The molecule has 2 aromatic rings. The first-order chi connectivity index (χ1) is 8.79. The van der Waals surface area contributed by atoms with Gasteiger partial charge >= 0.3 is 0 Å². The highest BCUT2D eigenvalue weighted by molar-refractivity contribution is 5.52. The zero-order valence-electron chi connectivity index (χ0n) is 10.9. The van der Waals surface area contributed by atoms with Crippen LogP contribution in [0.15, 0.2) is 28.7 Å². The largest absolute Gasteiger partial charge is 0.421 e. The minimum absolute atomic E-state index is 0.598. The molecule has 0 aliphatic rings. The van der Waals surface area contributed by atoms with E-state index in [4.69, 9.17) is 4.42 Å². The van der Waals surface area contributed by atoms with E-state index < -0.39 is 0 Å². The van der Waals surface area contributed by atoms with Crippen LogP contribution < -0.4 is 5.32 Å². The first kappa shape index (κ1) is 12.8. The van der Waals surface area contributed by atoms with Gasteiger partial charge in [0.15, 0.2) is 0 Å². The van der Waals surface area contributed by atoms with E-state index in [0.29, 0.717) is 11.8 Å². The third kappa shape index (κ3) is 3.40. The van der Waals surface area contributed by atoms with E-state index >= 15 is 0 Å². The molecule has 0 atom stereocenters. The SMILES string of the molecule is CCCNCCc1nnc(-c2ccc(C)cc2)o1. The molecule has 1 N–H and O–H groups in total. The second kappa shape index (κ2) is 6.31. The summed E-state index contributed by atoms with van der Waals surface area (Å²) in [7, 11) is 0. The normalized spacial score (nSPS) is 10.8. The average molecular weight is 245 g/mol. The van der Waals surface area contributed by atoms with E-state index in [0.717, 1.165) is 31.5 Å². The lowest BCUT2D eigenvalue weighted by Gasteiger charge is -1.98. The predicted molar refractivity (Wildman–Crippen MR) is 71.3 cm³/mol. The van der Waals surface area contributed by atoms with Crippen LogP contribution in [0.1, 0.15) is 24.8 Å². The van der Waals surface area contributed by atoms with Gasteiger partial charge in [-0.15, -0.1) is 10.2 Å². The van der Waals surface area contributed by atoms with Gasteiger partial charge in [0.2, 0.25) is 11.8 Å². The van der Waals surface area contributed by atoms with Crippen LogP contribution in [0.4, 0.5) is 0 Å². The summed E-state index contributed by atoms with van der Waals surface area (Å²) in [5.74, 6) is 1.29. The van der Waals surface area contributed by atoms with Crippen molar-refractivity contribution >= 4 is 0 Å². The fourth-order valence-electron chi connectivity index (χ4n) is 1.66. The molecule has 0 saturated carbocycles. The summed E-state index contributed by atoms with van der Waals surface area (Å²) in [4.78, 5) is 0. The van der Waals surface area contributed by atoms with Crippen LogP contribution in [0.3, 0.4) is 0 Å². The standard InChI is InChI=1S/C14H19N3O/c1-3-9-15-10-8-13-16-17-14(18-13)12-6-4-11(2)5-7-12/h4-7,15H,3,8-10H2,1-2H3. The molecule has 1 aromatic heterocycles. The number of nitrogens with one attached hydrogen (secondary N) is 1. The number of aryl methyl sites for hydroxylation is 1. The summed E-state index contributed by atoms with van der Waals surface area (Å²) in [6, 6.07) is 8.09. The summed E-state index contributed by atoms with van der Waals surface area (Å²) >= 11 is 0. The Morgan fingerprint density at radius 2 is 1.89 bits per heavy atom. The summed E-state index contributed by atoms with van der Waals surface area (Å²) in [6.45, 7) is 6.11. The molecule has 96 valence electrons. The van der Waals surface area contributed by atoms with Gasteiger partial charge in [0.05, 0.1) is 0 Å². The molecule has 0 aliphatic carbocycles. The molecule has 0 unspecified atom stereocenters. The molecule has 0 radical (unpaired) electrons. The van der Waals surface area contributed by atoms with Gasteiger partial charge in [-0.05, 0) is 32.0 Å². The van der Waals surface area contributed by atoms with Crippen LogP contribution in [-0.4, -0.2) is 23.3 Å². The van der Waals surface area contributed by atoms with E-state index in [1.807, 2.05) is 24.3 Å². The van der Waals surface area contributed by atoms with Crippen molar-refractivity contribution in [2.24, 2.45) is 0 Å². The summed E-state index contributed by atoms with van der Waals surface area (Å²) < 4.78 is 5.63. The van der Waals surface area contributed by atoms with Crippen LogP contribution in [0.25, 0.3) is 11.5 Å². The Morgan fingerprint density at radius 3 is 2.61 bits per heavy atom. The Hall–Kier alpha value is -1.68. The molecule has 1 heterocycles. The number of hydrogen-bond acceptors (Lipinski definition) is 4. The maximum atomic E-state index is 5.63. The lowest BCUT2D eigenvalue weighted by atomic mass is 10.1. The van der Waals surface area contributed by atoms with Gasteiger partial charge in [0.1, 0.15) is 0 Å². The zero-order chi connectivity index (χ0) is 12.8. The van der Waals surface area contributed by atoms with E-state index in [-0.39, 0.29) is 0 Å². The van der Waals surface area contributed by atoms with Crippen molar-refractivity contribution in [3.63, 3.8) is 0 Å². The minimum Gasteiger partial charge on any atom is -0.421 e. The van der Waals surface area contributed by atoms with E-state index in [2.05, 4.69) is 29.4 Å². The third-order valence-corrected chi connectivity index (χ3v) is 2.71. The summed E-state index contributed by atoms with van der Waals surface area (Å²) in [5.41, 5.74) is 2.20. The van der Waals surface area contributed by atoms with Gasteiger partial charge in [-0.2, -0.15) is 0 Å². The average Bonchev–Trinajstić information content (AvgIpc) is 2.84. The van der Waals surface area contributed by atoms with Crippen molar-refractivity contribution in [3.05, 3.63) is 35.7 Å². The Balaban J connectivity index is 1.95. The van der Waals surface area contributed by atoms with Gasteiger partial charge in [0.25, 0.3) is 0 Å². The van der Waals surface area contributed by atoms with Gasteiger partial charge in [0, 0.05) is 18.5 Å². The van der Waals surface area contributed by atoms with Crippen molar-refractivity contribution in [1.82, 2.24) is 15.5 Å². The van der Waals surface area contributed by atoms with Crippen LogP contribution >= 0.6 is 0 Å². The van der Waals surface area contributed by atoms with E-state index in [1.165, 1.54) is 5.56 Å². The second-order valence-electron chi connectivity index (χ2n) is 4.37. The number of aromatic nitrogens is 2. The molecule has 0 bridgehead atoms. The molecule has 0 saturated heterocycles. The van der Waals surface area contributed by atoms with Gasteiger partial charge in [-0.3, -0.25) is 0 Å². The lowest BCUT2D eigenvalue weighted by Crippen LogP contribution is -2.17. The first-order valence-electron chi connectivity index (χ1n) is 6.39. The number of nitrogens with zero attached hydrogens (tertiary/aromatic N) is 2. The van der Waals surface area contributed by atoms with E-state index in [1.54, 1.807) is 0 Å². The Labute approximate surface area is 107 Å². The molecule has 0 fully saturated rings. The van der Waals surface area contributed by atoms with Crippen LogP contribution in [0, 0.1) is 6.92 Å². The van der Waals surface area contributed by atoms with E-state index in [9.17, 15) is 0 Å². The van der Waals surface area contributed by atoms with Crippen molar-refractivity contribution in [3.8, 4) is 11.5 Å². The van der Waals surface area contributed by atoms with Crippen molar-refractivity contribution in [1.29, 1.82) is 0 Å². The topological polar surface area (TPSA) is 51.0 Å². The fourth-order valence-corrected chi connectivity index (χ4v) is 1.66. The minimum atomic E-state index is 0.598. The highest BCUT2D eigenvalue weighted by Crippen LogP contribution is 2.18. The van der Waals surface area contributed by atoms with Crippen LogP contribution in [0.5, 0.6) is 0 Å². The van der Waals surface area contributed by atoms with Crippen LogP contribution in [-0.2, 0) is 6.42 Å². The Bertz CT molecular complexity index is 476. The fraction of sp³-hybridized carbons (Fsp3) is 0.429. The maximum absolute atomic E-state index is 5.63. The molecule has 0 aliphatic heterocycles. The monoisotopic (exact) mass is 245 g/mol. The highest BCUT2D eigenvalue weighted by atomic mass is 16.4. The molecule has 1 aromatic carbocycles. The molecule has 4 heteroatoms. The summed E-state index contributed by atoms with van der Waals surface area (Å²) in [5, 5.41) is 11.4. The Kier molecular flexibility index (Phi) is 4.47. The Morgan fingerprint density at radius 1 is 1.11 bits per heavy atom. The molecular formula is C14H19N3O. The summed E-state index contributed by atoms with van der Waals surface area (Å²) in [6.07, 6.45) is 1.91. The number of hydrogen-bond donors (Lipinski definition) is 1. The zero-order valence-corrected chi connectivity index (χ0v) is 10.9. The molecule has 4 nitrogen and oxygen atoms in total. The van der Waals surface area contributed by atoms with Gasteiger partial charge in [-0.25, -0.2) is 0 Å². The van der Waals surface area contributed by atoms with Crippen LogP contribution in [0.2, 0.25) is 0 Å². The maximum Gasteiger partial charge on any atom is 0.247 e. The molecule has 0 amide bonds. The molecule has 0 spiro atoms. The van der Waals surface area contributed by atoms with Crippen molar-refractivity contribution < 1.29 is 4.42 Å².